The average Bonchev–Trinajstić information content (AvgIpc) is 2.43. The number of halogens is 2. The Labute approximate surface area is 146 Å². The largest absolute Gasteiger partial charge is 0.491 e. The van der Waals surface area contributed by atoms with Gasteiger partial charge in [-0.05, 0) is 94.8 Å². The second kappa shape index (κ2) is 7.26. The Morgan fingerprint density at radius 1 is 1.19 bits per heavy atom. The van der Waals surface area contributed by atoms with E-state index in [4.69, 9.17) is 4.74 Å². The second-order valence-corrected chi connectivity index (χ2v) is 6.87. The summed E-state index contributed by atoms with van der Waals surface area (Å²) >= 11 is 5.58. The number of hydrogen-bond acceptors (Lipinski definition) is 2. The van der Waals surface area contributed by atoms with Gasteiger partial charge in [-0.1, -0.05) is 0 Å². The molecule has 5 heteroatoms. The van der Waals surface area contributed by atoms with E-state index in [9.17, 15) is 4.79 Å². The highest BCUT2D eigenvalue weighted by molar-refractivity contribution is 14.1. The number of amides is 1. The Kier molecular flexibility index (Phi) is 5.64. The first-order valence-corrected chi connectivity index (χ1v) is 8.36. The van der Waals surface area contributed by atoms with Crippen molar-refractivity contribution in [2.45, 2.75) is 20.0 Å². The minimum Gasteiger partial charge on any atom is -0.491 e. The summed E-state index contributed by atoms with van der Waals surface area (Å²) in [4.78, 5) is 12.3. The number of nitrogens with one attached hydrogen (secondary N) is 1. The summed E-state index contributed by atoms with van der Waals surface area (Å²) in [6.45, 7) is 3.95. The minimum absolute atomic E-state index is 0.132. The first-order valence-electron chi connectivity index (χ1n) is 6.49. The highest BCUT2D eigenvalue weighted by Crippen LogP contribution is 2.22. The zero-order valence-electron chi connectivity index (χ0n) is 11.7. The molecule has 0 saturated carbocycles. The maximum absolute atomic E-state index is 12.3. The number of rotatable bonds is 4. The fourth-order valence-corrected chi connectivity index (χ4v) is 2.68. The molecule has 0 radical (unpaired) electrons. The highest BCUT2D eigenvalue weighted by atomic mass is 127. The monoisotopic (exact) mass is 459 g/mol. The first kappa shape index (κ1) is 16.3. The lowest BCUT2D eigenvalue weighted by Crippen LogP contribution is -2.13. The fourth-order valence-electron chi connectivity index (χ4n) is 1.76. The van der Waals surface area contributed by atoms with E-state index in [-0.39, 0.29) is 12.0 Å². The molecule has 2 aromatic carbocycles. The van der Waals surface area contributed by atoms with E-state index in [0.29, 0.717) is 5.56 Å². The fraction of sp³-hybridized carbons (Fsp3) is 0.188. The third-order valence-electron chi connectivity index (χ3n) is 2.66. The lowest BCUT2D eigenvalue weighted by atomic mass is 10.2. The predicted molar refractivity (Wildman–Crippen MR) is 97.0 cm³/mol. The van der Waals surface area contributed by atoms with E-state index in [2.05, 4.69) is 43.8 Å². The van der Waals surface area contributed by atoms with Crippen LogP contribution >= 0.6 is 38.5 Å². The Hall–Kier alpha value is -1.08. The van der Waals surface area contributed by atoms with Crippen molar-refractivity contribution in [2.24, 2.45) is 0 Å². The summed E-state index contributed by atoms with van der Waals surface area (Å²) < 4.78 is 7.37. The molecule has 1 N–H and O–H groups in total. The van der Waals surface area contributed by atoms with E-state index in [1.54, 1.807) is 0 Å². The minimum atomic E-state index is -0.141. The summed E-state index contributed by atoms with van der Waals surface area (Å²) in [6, 6.07) is 13.0. The van der Waals surface area contributed by atoms with Crippen molar-refractivity contribution in [1.29, 1.82) is 0 Å². The lowest BCUT2D eigenvalue weighted by molar-refractivity contribution is 0.102. The summed E-state index contributed by atoms with van der Waals surface area (Å²) in [7, 11) is 0. The van der Waals surface area contributed by atoms with Gasteiger partial charge in [0.1, 0.15) is 5.75 Å². The molecule has 0 bridgehead atoms. The molecule has 0 aliphatic carbocycles. The molecule has 0 spiro atoms. The second-order valence-electron chi connectivity index (χ2n) is 4.77. The summed E-state index contributed by atoms with van der Waals surface area (Å²) in [6.07, 6.45) is 0.132. The van der Waals surface area contributed by atoms with Crippen molar-refractivity contribution >= 4 is 50.1 Å². The summed E-state index contributed by atoms with van der Waals surface area (Å²) in [5.41, 5.74) is 1.35. The van der Waals surface area contributed by atoms with Crippen molar-refractivity contribution in [3.8, 4) is 5.75 Å². The molecular formula is C16H15BrINO2. The van der Waals surface area contributed by atoms with Crippen molar-refractivity contribution in [3.63, 3.8) is 0 Å². The first-order chi connectivity index (χ1) is 9.95. The molecule has 2 aromatic rings. The van der Waals surface area contributed by atoms with E-state index < -0.39 is 0 Å². The van der Waals surface area contributed by atoms with Gasteiger partial charge in [-0.25, -0.2) is 0 Å². The van der Waals surface area contributed by atoms with Gasteiger partial charge in [-0.2, -0.15) is 0 Å². The van der Waals surface area contributed by atoms with Gasteiger partial charge in [0.05, 0.1) is 11.7 Å². The van der Waals surface area contributed by atoms with E-state index in [1.807, 2.05) is 56.3 Å². The van der Waals surface area contributed by atoms with Crippen LogP contribution in [-0.2, 0) is 0 Å². The SMILES string of the molecule is CC(C)Oc1ccc(NC(=O)c2cc(I)ccc2Br)cc1. The lowest BCUT2D eigenvalue weighted by Gasteiger charge is -2.11. The third-order valence-corrected chi connectivity index (χ3v) is 4.02. The van der Waals surface area contributed by atoms with E-state index in [1.165, 1.54) is 0 Å². The number of hydrogen-bond donors (Lipinski definition) is 1. The van der Waals surface area contributed by atoms with Gasteiger partial charge in [-0.15, -0.1) is 0 Å². The molecule has 2 rings (SSSR count). The van der Waals surface area contributed by atoms with Crippen molar-refractivity contribution < 1.29 is 9.53 Å². The number of anilines is 1. The Bertz CT molecular complexity index is 641. The molecule has 0 fully saturated rings. The van der Waals surface area contributed by atoms with Crippen LogP contribution in [0, 0.1) is 3.57 Å². The number of carbonyl (C=O) groups is 1. The van der Waals surface area contributed by atoms with Gasteiger partial charge in [0.15, 0.2) is 0 Å². The molecule has 0 aliphatic heterocycles. The van der Waals surface area contributed by atoms with Crippen molar-refractivity contribution in [3.05, 3.63) is 56.1 Å². The van der Waals surface area contributed by atoms with Crippen LogP contribution in [-0.4, -0.2) is 12.0 Å². The topological polar surface area (TPSA) is 38.3 Å². The van der Waals surface area contributed by atoms with Crippen LogP contribution in [0.5, 0.6) is 5.75 Å². The zero-order valence-corrected chi connectivity index (χ0v) is 15.4. The Balaban J connectivity index is 2.10. The van der Waals surface area contributed by atoms with Crippen LogP contribution in [0.25, 0.3) is 0 Å². The zero-order chi connectivity index (χ0) is 15.4. The van der Waals surface area contributed by atoms with Crippen molar-refractivity contribution in [1.82, 2.24) is 0 Å². The standard InChI is InChI=1S/C16H15BrINO2/c1-10(2)21-13-6-4-12(5-7-13)19-16(20)14-9-11(18)3-8-15(14)17/h3-10H,1-2H3,(H,19,20). The molecule has 0 aromatic heterocycles. The molecule has 21 heavy (non-hydrogen) atoms. The van der Waals surface area contributed by atoms with Gasteiger partial charge in [0.2, 0.25) is 0 Å². The molecule has 0 unspecified atom stereocenters. The van der Waals surface area contributed by atoms with E-state index >= 15 is 0 Å². The smallest absolute Gasteiger partial charge is 0.256 e. The third kappa shape index (κ3) is 4.71. The molecule has 3 nitrogen and oxygen atoms in total. The Morgan fingerprint density at radius 2 is 1.86 bits per heavy atom. The molecule has 0 aliphatic rings. The van der Waals surface area contributed by atoms with Crippen molar-refractivity contribution in [2.75, 3.05) is 5.32 Å². The van der Waals surface area contributed by atoms with Crippen LogP contribution in [0.1, 0.15) is 24.2 Å². The van der Waals surface area contributed by atoms with E-state index in [0.717, 1.165) is 19.5 Å². The average molecular weight is 460 g/mol. The van der Waals surface area contributed by atoms with Crippen LogP contribution in [0.2, 0.25) is 0 Å². The number of ether oxygens (including phenoxy) is 1. The van der Waals surface area contributed by atoms with Gasteiger partial charge in [0.25, 0.3) is 5.91 Å². The molecule has 1 amide bonds. The van der Waals surface area contributed by atoms with Crippen LogP contribution in [0.15, 0.2) is 46.9 Å². The quantitative estimate of drug-likeness (QED) is 0.646. The Morgan fingerprint density at radius 3 is 2.48 bits per heavy atom. The van der Waals surface area contributed by atoms with Gasteiger partial charge in [-0.3, -0.25) is 4.79 Å². The van der Waals surface area contributed by atoms with Crippen LogP contribution in [0.3, 0.4) is 0 Å². The predicted octanol–water partition coefficient (Wildman–Crippen LogP) is 5.09. The maximum Gasteiger partial charge on any atom is 0.256 e. The van der Waals surface area contributed by atoms with Gasteiger partial charge < -0.3 is 10.1 Å². The highest BCUT2D eigenvalue weighted by Gasteiger charge is 2.11. The van der Waals surface area contributed by atoms with Gasteiger partial charge >= 0.3 is 0 Å². The molecule has 0 heterocycles. The van der Waals surface area contributed by atoms with Gasteiger partial charge in [0, 0.05) is 13.7 Å². The molecule has 0 saturated heterocycles. The molecule has 0 atom stereocenters. The van der Waals surface area contributed by atoms with Crippen LogP contribution in [0.4, 0.5) is 5.69 Å². The summed E-state index contributed by atoms with van der Waals surface area (Å²) in [5, 5.41) is 2.88. The maximum atomic E-state index is 12.3. The summed E-state index contributed by atoms with van der Waals surface area (Å²) in [5.74, 6) is 0.649. The molecule has 110 valence electrons. The van der Waals surface area contributed by atoms with Crippen LogP contribution < -0.4 is 10.1 Å². The number of benzene rings is 2. The number of carbonyl (C=O) groups excluding carboxylic acids is 1. The molecular weight excluding hydrogens is 445 g/mol. The normalized spacial score (nSPS) is 10.5.